The fraction of sp³-hybridized carbons (Fsp3) is 0.615. The van der Waals surface area contributed by atoms with Crippen molar-refractivity contribution in [3.05, 3.63) is 28.8 Å². The highest BCUT2D eigenvalue weighted by atomic mass is 35.5. The lowest BCUT2D eigenvalue weighted by atomic mass is 9.95. The zero-order valence-corrected chi connectivity index (χ0v) is 11.2. The van der Waals surface area contributed by atoms with Gasteiger partial charge in [0.05, 0.1) is 6.61 Å². The van der Waals surface area contributed by atoms with E-state index in [9.17, 15) is 4.39 Å². The van der Waals surface area contributed by atoms with Gasteiger partial charge in [0.15, 0.2) is 11.0 Å². The first kappa shape index (κ1) is 13.7. The second-order valence-corrected chi connectivity index (χ2v) is 5.12. The van der Waals surface area contributed by atoms with E-state index in [0.29, 0.717) is 18.5 Å². The minimum atomic E-state index is -0.468. The Balaban J connectivity index is 1.84. The van der Waals surface area contributed by atoms with Gasteiger partial charge in [-0.1, -0.05) is 11.6 Å². The molecule has 2 atom stereocenters. The van der Waals surface area contributed by atoms with Crippen LogP contribution in [-0.4, -0.2) is 24.2 Å². The van der Waals surface area contributed by atoms with Gasteiger partial charge in [0.1, 0.15) is 0 Å². The predicted octanol–water partition coefficient (Wildman–Crippen LogP) is 2.78. The highest BCUT2D eigenvalue weighted by molar-refractivity contribution is 6.29. The lowest BCUT2D eigenvalue weighted by Crippen LogP contribution is -2.37. The van der Waals surface area contributed by atoms with Crippen molar-refractivity contribution in [1.29, 1.82) is 0 Å². The van der Waals surface area contributed by atoms with Gasteiger partial charge in [-0.2, -0.15) is 0 Å². The SMILES string of the molecule is C[C@H](NCc1cnc(Cl)c(F)c1)[C@@H]1CCCOC1. The molecule has 1 aromatic rings. The summed E-state index contributed by atoms with van der Waals surface area (Å²) in [6, 6.07) is 1.77. The number of nitrogens with zero attached hydrogens (tertiary/aromatic N) is 1. The van der Waals surface area contributed by atoms with Crippen molar-refractivity contribution in [3.63, 3.8) is 0 Å². The molecule has 1 aromatic heterocycles. The number of hydrogen-bond donors (Lipinski definition) is 1. The Kier molecular flexibility index (Phi) is 4.92. The third-order valence-electron chi connectivity index (χ3n) is 3.38. The molecule has 18 heavy (non-hydrogen) atoms. The summed E-state index contributed by atoms with van der Waals surface area (Å²) in [4.78, 5) is 3.79. The topological polar surface area (TPSA) is 34.2 Å². The van der Waals surface area contributed by atoms with E-state index in [4.69, 9.17) is 16.3 Å². The number of ether oxygens (including phenoxy) is 1. The predicted molar refractivity (Wildman–Crippen MR) is 69.0 cm³/mol. The first-order valence-electron chi connectivity index (χ1n) is 6.28. The van der Waals surface area contributed by atoms with Crippen molar-refractivity contribution in [2.75, 3.05) is 13.2 Å². The van der Waals surface area contributed by atoms with Gasteiger partial charge in [0.25, 0.3) is 0 Å². The third kappa shape index (κ3) is 3.64. The summed E-state index contributed by atoms with van der Waals surface area (Å²) in [6.45, 7) is 4.41. The van der Waals surface area contributed by atoms with Crippen LogP contribution in [0.3, 0.4) is 0 Å². The summed E-state index contributed by atoms with van der Waals surface area (Å²) in [5.74, 6) is 0.0634. The van der Waals surface area contributed by atoms with Crippen LogP contribution in [-0.2, 0) is 11.3 Å². The van der Waals surface area contributed by atoms with Gasteiger partial charge in [-0.25, -0.2) is 9.37 Å². The smallest absolute Gasteiger partial charge is 0.164 e. The normalized spacial score (nSPS) is 21.8. The van der Waals surface area contributed by atoms with E-state index in [2.05, 4.69) is 17.2 Å². The first-order valence-corrected chi connectivity index (χ1v) is 6.65. The Bertz CT molecular complexity index is 397. The number of aromatic nitrogens is 1. The Labute approximate surface area is 112 Å². The molecule has 0 saturated carbocycles. The molecule has 0 amide bonds. The molecule has 0 aliphatic carbocycles. The van der Waals surface area contributed by atoms with Crippen LogP contribution in [0.5, 0.6) is 0 Å². The van der Waals surface area contributed by atoms with E-state index in [-0.39, 0.29) is 5.15 Å². The third-order valence-corrected chi connectivity index (χ3v) is 3.66. The second-order valence-electron chi connectivity index (χ2n) is 4.76. The minimum absolute atomic E-state index is 0.0764. The van der Waals surface area contributed by atoms with Crippen LogP contribution >= 0.6 is 11.6 Å². The Morgan fingerprint density at radius 2 is 2.50 bits per heavy atom. The largest absolute Gasteiger partial charge is 0.381 e. The number of rotatable bonds is 4. The van der Waals surface area contributed by atoms with E-state index >= 15 is 0 Å². The molecule has 2 heterocycles. The molecular weight excluding hydrogens is 255 g/mol. The van der Waals surface area contributed by atoms with Gasteiger partial charge in [0, 0.05) is 25.4 Å². The van der Waals surface area contributed by atoms with Crippen LogP contribution in [0.15, 0.2) is 12.3 Å². The maximum absolute atomic E-state index is 13.2. The van der Waals surface area contributed by atoms with Gasteiger partial charge in [-0.15, -0.1) is 0 Å². The highest BCUT2D eigenvalue weighted by Gasteiger charge is 2.20. The van der Waals surface area contributed by atoms with Gasteiger partial charge in [-0.05, 0) is 37.3 Å². The molecule has 100 valence electrons. The highest BCUT2D eigenvalue weighted by Crippen LogP contribution is 2.18. The van der Waals surface area contributed by atoms with E-state index < -0.39 is 5.82 Å². The monoisotopic (exact) mass is 272 g/mol. The quantitative estimate of drug-likeness (QED) is 0.856. The second kappa shape index (κ2) is 6.45. The van der Waals surface area contributed by atoms with Crippen LogP contribution in [0.1, 0.15) is 25.3 Å². The average molecular weight is 273 g/mol. The fourth-order valence-corrected chi connectivity index (χ4v) is 2.27. The van der Waals surface area contributed by atoms with E-state index in [1.807, 2.05) is 0 Å². The number of pyridine rings is 1. The van der Waals surface area contributed by atoms with Crippen molar-refractivity contribution in [2.24, 2.45) is 5.92 Å². The summed E-state index contributed by atoms with van der Waals surface area (Å²) in [6.07, 6.45) is 3.90. The average Bonchev–Trinajstić information content (AvgIpc) is 2.41. The van der Waals surface area contributed by atoms with Crippen LogP contribution in [0.4, 0.5) is 4.39 Å². The van der Waals surface area contributed by atoms with Crippen molar-refractivity contribution in [2.45, 2.75) is 32.4 Å². The van der Waals surface area contributed by atoms with Gasteiger partial charge in [0.2, 0.25) is 0 Å². The summed E-state index contributed by atoms with van der Waals surface area (Å²) in [7, 11) is 0. The number of halogens is 2. The molecular formula is C13H18ClFN2O. The van der Waals surface area contributed by atoms with E-state index in [1.54, 1.807) is 6.20 Å². The summed E-state index contributed by atoms with van der Waals surface area (Å²) < 4.78 is 18.7. The molecule has 1 fully saturated rings. The molecule has 2 rings (SSSR count). The Morgan fingerprint density at radius 1 is 1.67 bits per heavy atom. The molecule has 1 N–H and O–H groups in total. The van der Waals surface area contributed by atoms with Crippen LogP contribution in [0, 0.1) is 11.7 Å². The molecule has 0 aromatic carbocycles. The molecule has 1 aliphatic heterocycles. The van der Waals surface area contributed by atoms with Gasteiger partial charge >= 0.3 is 0 Å². The minimum Gasteiger partial charge on any atom is -0.381 e. The lowest BCUT2D eigenvalue weighted by Gasteiger charge is -2.28. The molecule has 1 saturated heterocycles. The first-order chi connectivity index (χ1) is 8.66. The molecule has 1 aliphatic rings. The number of hydrogen-bond acceptors (Lipinski definition) is 3. The van der Waals surface area contributed by atoms with Crippen LogP contribution in [0.25, 0.3) is 0 Å². The lowest BCUT2D eigenvalue weighted by molar-refractivity contribution is 0.0417. The standard InChI is InChI=1S/C13H18ClFN2O/c1-9(11-3-2-4-18-8-11)16-6-10-5-12(15)13(14)17-7-10/h5,7,9,11,16H,2-4,6,8H2,1H3/t9-,11+/m0/s1. The van der Waals surface area contributed by atoms with Gasteiger partial charge < -0.3 is 10.1 Å². The number of nitrogens with one attached hydrogen (secondary N) is 1. The molecule has 5 heteroatoms. The van der Waals surface area contributed by atoms with Crippen molar-refractivity contribution >= 4 is 11.6 Å². The molecule has 3 nitrogen and oxygen atoms in total. The molecule has 0 bridgehead atoms. The zero-order valence-electron chi connectivity index (χ0n) is 10.5. The summed E-state index contributed by atoms with van der Waals surface area (Å²) in [5, 5.41) is 3.31. The van der Waals surface area contributed by atoms with Crippen molar-refractivity contribution in [1.82, 2.24) is 10.3 Å². The van der Waals surface area contributed by atoms with Crippen molar-refractivity contribution < 1.29 is 9.13 Å². The Hall–Kier alpha value is -0.710. The summed E-state index contributed by atoms with van der Waals surface area (Å²) >= 11 is 5.54. The Morgan fingerprint density at radius 3 is 3.17 bits per heavy atom. The maximum Gasteiger partial charge on any atom is 0.164 e. The maximum atomic E-state index is 13.2. The molecule has 0 spiro atoms. The van der Waals surface area contributed by atoms with E-state index in [1.165, 1.54) is 12.5 Å². The van der Waals surface area contributed by atoms with Crippen LogP contribution in [0.2, 0.25) is 5.15 Å². The molecule has 0 radical (unpaired) electrons. The van der Waals surface area contributed by atoms with Crippen LogP contribution < -0.4 is 5.32 Å². The van der Waals surface area contributed by atoms with Crippen molar-refractivity contribution in [3.8, 4) is 0 Å². The fourth-order valence-electron chi connectivity index (χ4n) is 2.16. The zero-order chi connectivity index (χ0) is 13.0. The summed E-state index contributed by atoms with van der Waals surface area (Å²) in [5.41, 5.74) is 0.806. The van der Waals surface area contributed by atoms with Gasteiger partial charge in [-0.3, -0.25) is 0 Å². The molecule has 0 unspecified atom stereocenters. The van der Waals surface area contributed by atoms with E-state index in [0.717, 1.165) is 25.2 Å².